The van der Waals surface area contributed by atoms with Crippen molar-refractivity contribution in [3.05, 3.63) is 33.0 Å². The van der Waals surface area contributed by atoms with Gasteiger partial charge >= 0.3 is 12.0 Å². The van der Waals surface area contributed by atoms with E-state index in [1.807, 2.05) is 0 Å². The monoisotopic (exact) mass is 256 g/mol. The van der Waals surface area contributed by atoms with Crippen molar-refractivity contribution in [2.45, 2.75) is 19.5 Å². The maximum atomic E-state index is 12.4. The summed E-state index contributed by atoms with van der Waals surface area (Å²) in [6.45, 7) is 0.923. The molecule has 0 spiro atoms. The van der Waals surface area contributed by atoms with Gasteiger partial charge in [0, 0.05) is 11.6 Å². The smallest absolute Gasteiger partial charge is 0.358 e. The van der Waals surface area contributed by atoms with Gasteiger partial charge in [0.2, 0.25) is 0 Å². The molecule has 9 heteroatoms. The van der Waals surface area contributed by atoms with Crippen LogP contribution in [0.4, 0.5) is 27.8 Å². The molecule has 0 aliphatic carbocycles. The first-order valence-corrected chi connectivity index (χ1v) is 4.16. The minimum absolute atomic E-state index is 0.118. The normalized spacial score (nSPS) is 11.9. The number of nitro groups is 1. The van der Waals surface area contributed by atoms with E-state index in [2.05, 4.69) is 4.98 Å². The van der Waals surface area contributed by atoms with Crippen LogP contribution in [0.5, 0.6) is 0 Å². The predicted octanol–water partition coefficient (Wildman–Crippen LogP) is 3.25. The molecule has 0 atom stereocenters. The van der Waals surface area contributed by atoms with Crippen LogP contribution in [0.3, 0.4) is 0 Å². The van der Waals surface area contributed by atoms with Crippen molar-refractivity contribution >= 4 is 5.82 Å². The number of aromatic nitrogens is 1. The Labute approximate surface area is 91.2 Å². The van der Waals surface area contributed by atoms with Crippen LogP contribution in [0, 0.1) is 17.0 Å². The number of hydrogen-bond donors (Lipinski definition) is 0. The number of alkyl halides is 5. The highest BCUT2D eigenvalue weighted by molar-refractivity contribution is 5.41. The Hall–Kier alpha value is -1.80. The molecule has 1 aromatic heterocycles. The summed E-state index contributed by atoms with van der Waals surface area (Å²) in [5.41, 5.74) is -3.32. The molecule has 0 fully saturated rings. The van der Waals surface area contributed by atoms with E-state index in [9.17, 15) is 32.1 Å². The summed E-state index contributed by atoms with van der Waals surface area (Å²) in [5, 5.41) is 10.4. The Morgan fingerprint density at radius 2 is 1.94 bits per heavy atom. The molecule has 0 bridgehead atoms. The zero-order valence-corrected chi connectivity index (χ0v) is 8.26. The SMILES string of the molecule is Cc1c(C(F)F)cc(C(F)(F)F)nc1[N+](=O)[O-]. The topological polar surface area (TPSA) is 56.0 Å². The van der Waals surface area contributed by atoms with Crippen molar-refractivity contribution in [2.75, 3.05) is 0 Å². The van der Waals surface area contributed by atoms with E-state index >= 15 is 0 Å². The van der Waals surface area contributed by atoms with Gasteiger partial charge in [-0.25, -0.2) is 8.78 Å². The van der Waals surface area contributed by atoms with E-state index in [0.29, 0.717) is 0 Å². The predicted molar refractivity (Wildman–Crippen MR) is 45.6 cm³/mol. The van der Waals surface area contributed by atoms with Crippen LogP contribution in [0.1, 0.15) is 23.2 Å². The number of nitrogens with zero attached hydrogens (tertiary/aromatic N) is 2. The van der Waals surface area contributed by atoms with Crippen molar-refractivity contribution in [3.63, 3.8) is 0 Å². The van der Waals surface area contributed by atoms with Crippen LogP contribution in [0.25, 0.3) is 0 Å². The van der Waals surface area contributed by atoms with Crippen molar-refractivity contribution in [1.82, 2.24) is 4.98 Å². The van der Waals surface area contributed by atoms with Gasteiger partial charge in [0.05, 0.1) is 5.56 Å². The molecule has 1 rings (SSSR count). The summed E-state index contributed by atoms with van der Waals surface area (Å²) in [4.78, 5) is 11.9. The van der Waals surface area contributed by atoms with Crippen molar-refractivity contribution in [1.29, 1.82) is 0 Å². The highest BCUT2D eigenvalue weighted by Crippen LogP contribution is 2.35. The second kappa shape index (κ2) is 4.22. The third-order valence-corrected chi connectivity index (χ3v) is 1.99. The standard InChI is InChI=1S/C8H5F5N2O2/c1-3-4(6(9)10)2-5(8(11,12)13)14-7(3)15(16)17/h2,6H,1H3. The summed E-state index contributed by atoms with van der Waals surface area (Å²) in [6.07, 6.45) is -8.25. The van der Waals surface area contributed by atoms with E-state index in [1.165, 1.54) is 0 Å². The van der Waals surface area contributed by atoms with Crippen molar-refractivity contribution < 1.29 is 26.9 Å². The number of hydrogen-bond acceptors (Lipinski definition) is 3. The number of halogens is 5. The highest BCUT2D eigenvalue weighted by atomic mass is 19.4. The van der Waals surface area contributed by atoms with Crippen LogP contribution in [0.2, 0.25) is 0 Å². The first-order chi connectivity index (χ1) is 7.64. The molecular weight excluding hydrogens is 251 g/mol. The van der Waals surface area contributed by atoms with Gasteiger partial charge in [-0.1, -0.05) is 0 Å². The molecule has 4 nitrogen and oxygen atoms in total. The third kappa shape index (κ3) is 2.66. The Morgan fingerprint density at radius 3 is 2.29 bits per heavy atom. The molecule has 0 unspecified atom stereocenters. The maximum absolute atomic E-state index is 12.4. The van der Waals surface area contributed by atoms with Crippen LogP contribution in [0.15, 0.2) is 6.07 Å². The van der Waals surface area contributed by atoms with Crippen LogP contribution in [-0.2, 0) is 6.18 Å². The molecular formula is C8H5F5N2O2. The first kappa shape index (κ1) is 13.3. The van der Waals surface area contributed by atoms with E-state index < -0.39 is 40.2 Å². The van der Waals surface area contributed by atoms with Gasteiger partial charge in [-0.05, 0) is 16.8 Å². The van der Waals surface area contributed by atoms with E-state index in [1.54, 1.807) is 0 Å². The second-order valence-electron chi connectivity index (χ2n) is 3.10. The quantitative estimate of drug-likeness (QED) is 0.463. The molecule has 0 aromatic carbocycles. The molecule has 0 N–H and O–H groups in total. The van der Waals surface area contributed by atoms with Gasteiger partial charge in [0.1, 0.15) is 0 Å². The fourth-order valence-corrected chi connectivity index (χ4v) is 1.16. The zero-order chi connectivity index (χ0) is 13.4. The Balaban J connectivity index is 3.53. The summed E-state index contributed by atoms with van der Waals surface area (Å²) >= 11 is 0. The molecule has 0 amide bonds. The fourth-order valence-electron chi connectivity index (χ4n) is 1.16. The van der Waals surface area contributed by atoms with Crippen LogP contribution < -0.4 is 0 Å². The van der Waals surface area contributed by atoms with Crippen LogP contribution >= 0.6 is 0 Å². The molecule has 0 radical (unpaired) electrons. The average molecular weight is 256 g/mol. The molecule has 1 heterocycles. The maximum Gasteiger partial charge on any atom is 0.458 e. The Bertz CT molecular complexity index is 458. The average Bonchev–Trinajstić information content (AvgIpc) is 2.14. The number of rotatable bonds is 2. The molecule has 0 aliphatic heterocycles. The van der Waals surface area contributed by atoms with Crippen molar-refractivity contribution in [2.24, 2.45) is 0 Å². The van der Waals surface area contributed by atoms with Gasteiger partial charge in [0.25, 0.3) is 12.1 Å². The van der Waals surface area contributed by atoms with E-state index in [-0.39, 0.29) is 6.07 Å². The molecule has 17 heavy (non-hydrogen) atoms. The van der Waals surface area contributed by atoms with Crippen LogP contribution in [-0.4, -0.2) is 9.91 Å². The minimum Gasteiger partial charge on any atom is -0.358 e. The summed E-state index contributed by atoms with van der Waals surface area (Å²) in [6, 6.07) is 0.118. The highest BCUT2D eigenvalue weighted by Gasteiger charge is 2.40. The summed E-state index contributed by atoms with van der Waals surface area (Å²) in [5.74, 6) is -1.21. The Kier molecular flexibility index (Phi) is 3.30. The minimum atomic E-state index is -5.01. The van der Waals surface area contributed by atoms with E-state index in [4.69, 9.17) is 0 Å². The molecule has 0 saturated heterocycles. The fraction of sp³-hybridized carbons (Fsp3) is 0.375. The lowest BCUT2D eigenvalue weighted by Gasteiger charge is -2.08. The van der Waals surface area contributed by atoms with Gasteiger partial charge in [0.15, 0.2) is 0 Å². The zero-order valence-electron chi connectivity index (χ0n) is 8.26. The lowest BCUT2D eigenvalue weighted by molar-refractivity contribution is -0.390. The number of pyridine rings is 1. The van der Waals surface area contributed by atoms with Gasteiger partial charge < -0.3 is 10.1 Å². The van der Waals surface area contributed by atoms with Crippen molar-refractivity contribution in [3.8, 4) is 0 Å². The molecule has 0 saturated carbocycles. The lowest BCUT2D eigenvalue weighted by atomic mass is 10.1. The first-order valence-electron chi connectivity index (χ1n) is 4.16. The largest absolute Gasteiger partial charge is 0.458 e. The second-order valence-corrected chi connectivity index (χ2v) is 3.10. The Morgan fingerprint density at radius 1 is 1.41 bits per heavy atom. The van der Waals surface area contributed by atoms with Gasteiger partial charge in [-0.3, -0.25) is 0 Å². The van der Waals surface area contributed by atoms with Gasteiger partial charge in [-0.15, -0.1) is 0 Å². The molecule has 0 aliphatic rings. The summed E-state index contributed by atoms with van der Waals surface area (Å²) < 4.78 is 61.7. The van der Waals surface area contributed by atoms with E-state index in [0.717, 1.165) is 6.92 Å². The lowest BCUT2D eigenvalue weighted by Crippen LogP contribution is -2.12. The van der Waals surface area contributed by atoms with Gasteiger partial charge in [-0.2, -0.15) is 13.2 Å². The molecule has 1 aromatic rings. The third-order valence-electron chi connectivity index (χ3n) is 1.99. The summed E-state index contributed by atoms with van der Waals surface area (Å²) in [7, 11) is 0. The molecule has 94 valence electrons.